The van der Waals surface area contributed by atoms with Gasteiger partial charge in [-0.05, 0) is 5.31 Å². The summed E-state index contributed by atoms with van der Waals surface area (Å²) in [5.41, 5.74) is 0. The number of hydrogen-bond acceptors (Lipinski definition) is 3. The van der Waals surface area contributed by atoms with Gasteiger partial charge in [0.15, 0.2) is 0 Å². The van der Waals surface area contributed by atoms with Crippen LogP contribution in [0, 0.1) is 0 Å². The molecule has 1 rings (SSSR count). The summed E-state index contributed by atoms with van der Waals surface area (Å²) in [5, 5.41) is 0.769. The Bertz CT molecular complexity index is 464. The maximum absolute atomic E-state index is 11.4. The standard InChI is InChI=1S/C10H19N4O2PS/c1-9(17)8-12-10(11-2)13-4-6-14(7-5-13)18(3,15)16/h8H,1,4-7,17H2,2-3H3/b11-10?,12-8-. The molecule has 1 fully saturated rings. The van der Waals surface area contributed by atoms with E-state index in [9.17, 15) is 8.42 Å². The van der Waals surface area contributed by atoms with Crippen molar-refractivity contribution in [2.45, 2.75) is 0 Å². The van der Waals surface area contributed by atoms with Crippen molar-refractivity contribution in [3.05, 3.63) is 11.9 Å². The van der Waals surface area contributed by atoms with Crippen LogP contribution in [0.25, 0.3) is 0 Å². The van der Waals surface area contributed by atoms with Gasteiger partial charge >= 0.3 is 0 Å². The van der Waals surface area contributed by atoms with Crippen LogP contribution in [-0.2, 0) is 10.0 Å². The van der Waals surface area contributed by atoms with E-state index in [-0.39, 0.29) is 0 Å². The molecule has 0 aromatic rings. The predicted octanol–water partition coefficient (Wildman–Crippen LogP) is 0.00900. The van der Waals surface area contributed by atoms with Crippen LogP contribution in [0.3, 0.4) is 0 Å². The Morgan fingerprint density at radius 3 is 2.28 bits per heavy atom. The highest BCUT2D eigenvalue weighted by molar-refractivity contribution is 7.88. The summed E-state index contributed by atoms with van der Waals surface area (Å²) in [5.74, 6) is 0.603. The average molecular weight is 290 g/mol. The van der Waals surface area contributed by atoms with E-state index < -0.39 is 10.0 Å². The van der Waals surface area contributed by atoms with Gasteiger partial charge in [0.2, 0.25) is 16.0 Å². The summed E-state index contributed by atoms with van der Waals surface area (Å²) in [7, 11) is 1.02. The zero-order chi connectivity index (χ0) is 13.8. The van der Waals surface area contributed by atoms with Gasteiger partial charge in [-0.3, -0.25) is 4.99 Å². The lowest BCUT2D eigenvalue weighted by molar-refractivity contribution is 0.265. The van der Waals surface area contributed by atoms with Gasteiger partial charge in [-0.1, -0.05) is 6.58 Å². The van der Waals surface area contributed by atoms with Gasteiger partial charge in [0.1, 0.15) is 0 Å². The highest BCUT2D eigenvalue weighted by Gasteiger charge is 2.24. The monoisotopic (exact) mass is 290 g/mol. The Balaban J connectivity index is 2.64. The molecular formula is C10H19N4O2PS. The average Bonchev–Trinajstić information content (AvgIpc) is 2.29. The minimum atomic E-state index is -3.10. The van der Waals surface area contributed by atoms with Gasteiger partial charge in [-0.15, -0.1) is 9.24 Å². The molecule has 0 N–H and O–H groups in total. The van der Waals surface area contributed by atoms with Crippen LogP contribution in [0.15, 0.2) is 21.9 Å². The second-order valence-electron chi connectivity index (χ2n) is 4.01. The van der Waals surface area contributed by atoms with Crippen LogP contribution in [0.1, 0.15) is 0 Å². The van der Waals surface area contributed by atoms with Gasteiger partial charge in [0.05, 0.1) is 6.26 Å². The summed E-state index contributed by atoms with van der Waals surface area (Å²) in [4.78, 5) is 10.3. The molecular weight excluding hydrogens is 271 g/mol. The molecule has 1 saturated heterocycles. The molecule has 6 nitrogen and oxygen atoms in total. The Kier molecular flexibility index (Phi) is 5.44. The lowest BCUT2D eigenvalue weighted by Gasteiger charge is -2.33. The summed E-state index contributed by atoms with van der Waals surface area (Å²) in [6, 6.07) is 0. The summed E-state index contributed by atoms with van der Waals surface area (Å²) in [6.45, 7) is 5.83. The molecule has 1 aliphatic heterocycles. The number of piperazine rings is 1. The van der Waals surface area contributed by atoms with Gasteiger partial charge in [0, 0.05) is 39.4 Å². The molecule has 0 radical (unpaired) electrons. The first-order chi connectivity index (χ1) is 8.34. The van der Waals surface area contributed by atoms with Crippen molar-refractivity contribution in [1.82, 2.24) is 9.21 Å². The van der Waals surface area contributed by atoms with E-state index in [1.54, 1.807) is 13.3 Å². The third-order valence-corrected chi connectivity index (χ3v) is 3.99. The van der Waals surface area contributed by atoms with E-state index in [2.05, 4.69) is 25.8 Å². The van der Waals surface area contributed by atoms with Crippen LogP contribution < -0.4 is 0 Å². The van der Waals surface area contributed by atoms with Crippen LogP contribution in [0.2, 0.25) is 0 Å². The first kappa shape index (κ1) is 15.3. The summed E-state index contributed by atoms with van der Waals surface area (Å²) >= 11 is 0. The number of aliphatic imine (C=N–C) groups is 2. The van der Waals surface area contributed by atoms with Crippen LogP contribution >= 0.6 is 9.24 Å². The van der Waals surface area contributed by atoms with Crippen molar-refractivity contribution in [2.75, 3.05) is 39.5 Å². The van der Waals surface area contributed by atoms with E-state index >= 15 is 0 Å². The van der Waals surface area contributed by atoms with Gasteiger partial charge < -0.3 is 4.90 Å². The van der Waals surface area contributed by atoms with Crippen molar-refractivity contribution in [3.8, 4) is 0 Å². The normalized spacial score (nSPS) is 19.5. The van der Waals surface area contributed by atoms with Crippen LogP contribution in [0.4, 0.5) is 0 Å². The van der Waals surface area contributed by atoms with Crippen molar-refractivity contribution < 1.29 is 8.42 Å². The fourth-order valence-electron chi connectivity index (χ4n) is 1.64. The Morgan fingerprint density at radius 1 is 1.33 bits per heavy atom. The first-order valence-corrected chi connectivity index (χ1v) is 7.92. The summed E-state index contributed by atoms with van der Waals surface area (Å²) < 4.78 is 24.2. The van der Waals surface area contributed by atoms with Crippen molar-refractivity contribution in [1.29, 1.82) is 0 Å². The Labute approximate surface area is 111 Å². The zero-order valence-corrected chi connectivity index (χ0v) is 12.7. The molecule has 8 heteroatoms. The lowest BCUT2D eigenvalue weighted by atomic mass is 10.4. The molecule has 1 aliphatic rings. The third-order valence-electron chi connectivity index (χ3n) is 2.54. The molecule has 0 spiro atoms. The molecule has 0 bridgehead atoms. The second-order valence-corrected chi connectivity index (χ2v) is 6.73. The van der Waals surface area contributed by atoms with Gasteiger partial charge in [-0.25, -0.2) is 13.4 Å². The SMILES string of the molecule is C=C(P)/C=N\C(=NC)N1CCN(S(C)(=O)=O)CC1. The molecule has 102 valence electrons. The minimum Gasteiger partial charge on any atom is -0.338 e. The molecule has 0 amide bonds. The lowest BCUT2D eigenvalue weighted by Crippen LogP contribution is -2.49. The van der Waals surface area contributed by atoms with Crippen LogP contribution in [0.5, 0.6) is 0 Å². The Morgan fingerprint density at radius 2 is 1.89 bits per heavy atom. The van der Waals surface area contributed by atoms with E-state index in [1.807, 2.05) is 4.90 Å². The number of sulfonamides is 1. The second kappa shape index (κ2) is 6.41. The van der Waals surface area contributed by atoms with Crippen molar-refractivity contribution >= 4 is 31.4 Å². The number of guanidine groups is 1. The largest absolute Gasteiger partial charge is 0.338 e. The smallest absolute Gasteiger partial charge is 0.220 e. The van der Waals surface area contributed by atoms with Gasteiger partial charge in [-0.2, -0.15) is 4.31 Å². The molecule has 1 unspecified atom stereocenters. The topological polar surface area (TPSA) is 65.3 Å². The fraction of sp³-hybridized carbons (Fsp3) is 0.600. The zero-order valence-electron chi connectivity index (χ0n) is 10.7. The van der Waals surface area contributed by atoms with Crippen molar-refractivity contribution in [3.63, 3.8) is 0 Å². The minimum absolute atomic E-state index is 0.467. The molecule has 0 aromatic heterocycles. The van der Waals surface area contributed by atoms with Crippen LogP contribution in [-0.4, -0.2) is 69.3 Å². The van der Waals surface area contributed by atoms with E-state index in [4.69, 9.17) is 0 Å². The molecule has 0 aromatic carbocycles. The summed E-state index contributed by atoms with van der Waals surface area (Å²) in [6.07, 6.45) is 2.85. The fourth-order valence-corrected chi connectivity index (χ4v) is 2.54. The molecule has 0 aliphatic carbocycles. The quantitative estimate of drug-likeness (QED) is 0.409. The molecule has 18 heavy (non-hydrogen) atoms. The van der Waals surface area contributed by atoms with Gasteiger partial charge in [0.25, 0.3) is 0 Å². The number of allylic oxidation sites excluding steroid dienone is 1. The highest BCUT2D eigenvalue weighted by atomic mass is 32.2. The maximum Gasteiger partial charge on any atom is 0.220 e. The number of hydrogen-bond donors (Lipinski definition) is 0. The Hall–Kier alpha value is -0.780. The van der Waals surface area contributed by atoms with E-state index in [1.165, 1.54) is 10.6 Å². The molecule has 0 saturated carbocycles. The first-order valence-electron chi connectivity index (χ1n) is 5.50. The molecule has 1 heterocycles. The number of nitrogens with zero attached hydrogens (tertiary/aromatic N) is 4. The predicted molar refractivity (Wildman–Crippen MR) is 78.7 cm³/mol. The van der Waals surface area contributed by atoms with E-state index in [0.717, 1.165) is 5.31 Å². The number of rotatable bonds is 2. The van der Waals surface area contributed by atoms with Crippen molar-refractivity contribution in [2.24, 2.45) is 9.98 Å². The highest BCUT2D eigenvalue weighted by Crippen LogP contribution is 2.07. The maximum atomic E-state index is 11.4. The van der Waals surface area contributed by atoms with E-state index in [0.29, 0.717) is 32.1 Å². The third kappa shape index (κ3) is 4.48. The molecule has 1 atom stereocenters.